The summed E-state index contributed by atoms with van der Waals surface area (Å²) in [6.45, 7) is 3.62. The van der Waals surface area contributed by atoms with Crippen molar-refractivity contribution in [2.75, 3.05) is 32.8 Å². The molecule has 7 heteroatoms. The van der Waals surface area contributed by atoms with Crippen molar-refractivity contribution in [3.8, 4) is 0 Å². The van der Waals surface area contributed by atoms with Crippen LogP contribution in [-0.2, 0) is 6.42 Å². The molecule has 1 aromatic heterocycles. The van der Waals surface area contributed by atoms with E-state index < -0.39 is 0 Å². The Hall–Kier alpha value is -2.18. The van der Waals surface area contributed by atoms with E-state index in [-0.39, 0.29) is 18.4 Å². The summed E-state index contributed by atoms with van der Waals surface area (Å²) < 4.78 is 0. The van der Waals surface area contributed by atoms with Crippen molar-refractivity contribution in [2.24, 2.45) is 11.8 Å². The number of likely N-dealkylation sites (tertiary alicyclic amines) is 2. The van der Waals surface area contributed by atoms with Crippen LogP contribution in [-0.4, -0.2) is 64.6 Å². The Bertz CT molecular complexity index is 1200. The third-order valence-electron chi connectivity index (χ3n) is 7.74. The number of fused-ring (bicyclic) bond motifs is 1. The van der Waals surface area contributed by atoms with E-state index in [9.17, 15) is 9.90 Å². The second-order valence-corrected chi connectivity index (χ2v) is 10.7. The smallest absolute Gasteiger partial charge is 0.255 e. The number of benzene rings is 2. The molecule has 0 radical (unpaired) electrons. The molecule has 1 unspecified atom stereocenters. The van der Waals surface area contributed by atoms with Gasteiger partial charge in [0.15, 0.2) is 0 Å². The van der Waals surface area contributed by atoms with Crippen molar-refractivity contribution in [2.45, 2.75) is 31.7 Å². The van der Waals surface area contributed by atoms with Crippen LogP contribution in [0.25, 0.3) is 10.9 Å². The molecule has 3 heterocycles. The number of hydrogen-bond donors (Lipinski definition) is 1. The number of nitrogens with zero attached hydrogens (tertiary/aromatic N) is 3. The Morgan fingerprint density at radius 1 is 0.971 bits per heavy atom. The lowest BCUT2D eigenvalue weighted by atomic mass is 9.80. The van der Waals surface area contributed by atoms with Gasteiger partial charge < -0.3 is 10.0 Å². The standard InChI is InChI=1S/C28H31Cl2N3O2/c29-25-6-5-19(14-26(25)30)13-20-7-10-33(17-23(20)18-34)24-8-11-32(12-9-24)28(35)22-15-21-3-1-2-4-27(21)31-16-22/h1-6,14-16,20,23-24,34H,7-13,17-18H2/t20?,23-/m0/s1. The fourth-order valence-electron chi connectivity index (χ4n) is 5.69. The molecule has 1 amide bonds. The number of amides is 1. The SMILES string of the molecule is O=C(c1cnc2ccccc2c1)N1CCC(N2CCC(Cc3ccc(Cl)c(Cl)c3)[C@H](CO)C2)CC1. The number of aliphatic hydroxyl groups is 1. The predicted octanol–water partition coefficient (Wildman–Crippen LogP) is 5.32. The van der Waals surface area contributed by atoms with Crippen LogP contribution < -0.4 is 0 Å². The molecule has 0 spiro atoms. The first-order valence-electron chi connectivity index (χ1n) is 12.4. The zero-order chi connectivity index (χ0) is 24.4. The van der Waals surface area contributed by atoms with Crippen molar-refractivity contribution < 1.29 is 9.90 Å². The fraction of sp³-hybridized carbons (Fsp3) is 0.429. The molecule has 2 aromatic carbocycles. The highest BCUT2D eigenvalue weighted by atomic mass is 35.5. The number of para-hydroxylation sites is 1. The monoisotopic (exact) mass is 511 g/mol. The topological polar surface area (TPSA) is 56.7 Å². The van der Waals surface area contributed by atoms with Gasteiger partial charge in [0, 0.05) is 43.9 Å². The first-order valence-corrected chi connectivity index (χ1v) is 13.2. The lowest BCUT2D eigenvalue weighted by molar-refractivity contribution is 0.0242. The highest BCUT2D eigenvalue weighted by molar-refractivity contribution is 6.42. The van der Waals surface area contributed by atoms with E-state index in [1.54, 1.807) is 6.20 Å². The molecule has 3 aromatic rings. The van der Waals surface area contributed by atoms with Crippen molar-refractivity contribution in [3.05, 3.63) is 75.9 Å². The normalized spacial score (nSPS) is 22.0. The van der Waals surface area contributed by atoms with E-state index >= 15 is 0 Å². The highest BCUT2D eigenvalue weighted by Crippen LogP contribution is 2.32. The summed E-state index contributed by atoms with van der Waals surface area (Å²) in [5, 5.41) is 12.3. The molecule has 2 aliphatic heterocycles. The van der Waals surface area contributed by atoms with E-state index in [0.29, 0.717) is 27.6 Å². The first kappa shape index (κ1) is 24.5. The van der Waals surface area contributed by atoms with Crippen LogP contribution in [0.2, 0.25) is 10.0 Å². The largest absolute Gasteiger partial charge is 0.396 e. The lowest BCUT2D eigenvalue weighted by Crippen LogP contribution is -2.52. The summed E-state index contributed by atoms with van der Waals surface area (Å²) in [5.41, 5.74) is 2.74. The number of carbonyl (C=O) groups is 1. The van der Waals surface area contributed by atoms with Gasteiger partial charge in [-0.1, -0.05) is 47.5 Å². The number of hydrogen-bond acceptors (Lipinski definition) is 4. The molecule has 184 valence electrons. The second kappa shape index (κ2) is 10.8. The minimum atomic E-state index is 0.0651. The van der Waals surface area contributed by atoms with Gasteiger partial charge in [-0.05, 0) is 73.9 Å². The number of aliphatic hydroxyl groups excluding tert-OH is 1. The summed E-state index contributed by atoms with van der Waals surface area (Å²) in [4.78, 5) is 22.1. The van der Waals surface area contributed by atoms with E-state index in [4.69, 9.17) is 23.2 Å². The van der Waals surface area contributed by atoms with Gasteiger partial charge in [-0.2, -0.15) is 0 Å². The molecule has 2 fully saturated rings. The minimum Gasteiger partial charge on any atom is -0.396 e. The molecule has 2 aliphatic rings. The molecular weight excluding hydrogens is 481 g/mol. The van der Waals surface area contributed by atoms with Gasteiger partial charge in [-0.25, -0.2) is 0 Å². The van der Waals surface area contributed by atoms with Gasteiger partial charge in [-0.3, -0.25) is 14.7 Å². The highest BCUT2D eigenvalue weighted by Gasteiger charge is 2.34. The minimum absolute atomic E-state index is 0.0651. The first-order chi connectivity index (χ1) is 17.0. The third-order valence-corrected chi connectivity index (χ3v) is 8.48. The molecule has 2 atom stereocenters. The zero-order valence-electron chi connectivity index (χ0n) is 19.7. The van der Waals surface area contributed by atoms with Gasteiger partial charge in [0.05, 0.1) is 21.1 Å². The Morgan fingerprint density at radius 2 is 1.77 bits per heavy atom. The third kappa shape index (κ3) is 5.49. The van der Waals surface area contributed by atoms with E-state index in [1.165, 1.54) is 5.56 Å². The van der Waals surface area contributed by atoms with Gasteiger partial charge in [0.1, 0.15) is 0 Å². The van der Waals surface area contributed by atoms with Crippen molar-refractivity contribution in [1.29, 1.82) is 0 Å². The van der Waals surface area contributed by atoms with Crippen LogP contribution in [0.4, 0.5) is 0 Å². The summed E-state index contributed by atoms with van der Waals surface area (Å²) in [7, 11) is 0. The molecule has 2 saturated heterocycles. The second-order valence-electron chi connectivity index (χ2n) is 9.88. The molecule has 0 aliphatic carbocycles. The number of rotatable bonds is 5. The number of halogens is 2. The molecule has 5 rings (SSSR count). The van der Waals surface area contributed by atoms with Crippen molar-refractivity contribution in [1.82, 2.24) is 14.8 Å². The van der Waals surface area contributed by atoms with E-state index in [2.05, 4.69) is 9.88 Å². The van der Waals surface area contributed by atoms with Gasteiger partial charge in [0.2, 0.25) is 0 Å². The van der Waals surface area contributed by atoms with Crippen LogP contribution in [0.15, 0.2) is 54.7 Å². The van der Waals surface area contributed by atoms with Crippen LogP contribution >= 0.6 is 23.2 Å². The van der Waals surface area contributed by atoms with Crippen LogP contribution in [0.5, 0.6) is 0 Å². The van der Waals surface area contributed by atoms with Gasteiger partial charge in [0.25, 0.3) is 5.91 Å². The number of carbonyl (C=O) groups excluding carboxylic acids is 1. The number of pyridine rings is 1. The van der Waals surface area contributed by atoms with Crippen molar-refractivity contribution in [3.63, 3.8) is 0 Å². The van der Waals surface area contributed by atoms with Crippen molar-refractivity contribution >= 4 is 40.0 Å². The van der Waals surface area contributed by atoms with Crippen LogP contribution in [0, 0.1) is 11.8 Å². The molecule has 1 N–H and O–H groups in total. The Balaban J connectivity index is 1.16. The molecule has 5 nitrogen and oxygen atoms in total. The van der Waals surface area contributed by atoms with E-state index in [1.807, 2.05) is 53.4 Å². The molecule has 0 saturated carbocycles. The Labute approximate surface area is 216 Å². The maximum atomic E-state index is 13.1. The fourth-order valence-corrected chi connectivity index (χ4v) is 6.01. The number of piperidine rings is 2. The zero-order valence-corrected chi connectivity index (χ0v) is 21.3. The molecule has 35 heavy (non-hydrogen) atoms. The summed E-state index contributed by atoms with van der Waals surface area (Å²) >= 11 is 12.3. The van der Waals surface area contributed by atoms with Gasteiger partial charge in [-0.15, -0.1) is 0 Å². The lowest BCUT2D eigenvalue weighted by Gasteiger charge is -2.44. The average Bonchev–Trinajstić information content (AvgIpc) is 2.90. The summed E-state index contributed by atoms with van der Waals surface area (Å²) in [6, 6.07) is 16.1. The Kier molecular flexibility index (Phi) is 7.59. The molecular formula is C28H31Cl2N3O2. The Morgan fingerprint density at radius 3 is 2.54 bits per heavy atom. The average molecular weight is 512 g/mol. The van der Waals surface area contributed by atoms with Gasteiger partial charge >= 0.3 is 0 Å². The molecule has 0 bridgehead atoms. The van der Waals surface area contributed by atoms with Crippen LogP contribution in [0.1, 0.15) is 35.2 Å². The summed E-state index contributed by atoms with van der Waals surface area (Å²) in [6.07, 6.45) is 5.57. The van der Waals surface area contributed by atoms with Crippen LogP contribution in [0.3, 0.4) is 0 Å². The maximum Gasteiger partial charge on any atom is 0.255 e. The maximum absolute atomic E-state index is 13.1. The quantitative estimate of drug-likeness (QED) is 0.503. The number of aromatic nitrogens is 1. The predicted molar refractivity (Wildman–Crippen MR) is 141 cm³/mol. The van der Waals surface area contributed by atoms with E-state index in [0.717, 1.165) is 62.8 Å². The summed E-state index contributed by atoms with van der Waals surface area (Å²) in [5.74, 6) is 0.729.